The van der Waals surface area contributed by atoms with E-state index in [9.17, 15) is 0 Å². The average Bonchev–Trinajstić information content (AvgIpc) is 2.53. The number of hydrogen-bond donors (Lipinski definition) is 1. The van der Waals surface area contributed by atoms with E-state index in [0.717, 1.165) is 12.6 Å². The van der Waals surface area contributed by atoms with E-state index in [1.807, 2.05) is 11.3 Å². The fourth-order valence-corrected chi connectivity index (χ4v) is 3.16. The Bertz CT molecular complexity index is 284. The highest BCUT2D eigenvalue weighted by atomic mass is 32.1. The molecule has 1 aliphatic carbocycles. The first-order valence-corrected chi connectivity index (χ1v) is 7.05. The fraction of sp³-hybridized carbons (Fsp3) is 0.692. The summed E-state index contributed by atoms with van der Waals surface area (Å²) >= 11 is 1.82. The lowest BCUT2D eigenvalue weighted by Gasteiger charge is -2.15. The summed E-state index contributed by atoms with van der Waals surface area (Å²) in [7, 11) is 0. The van der Waals surface area contributed by atoms with Gasteiger partial charge in [0, 0.05) is 12.6 Å². The number of aryl methyl sites for hydroxylation is 1. The maximum absolute atomic E-state index is 3.71. The normalized spacial score (nSPS) is 19.0. The molecule has 0 bridgehead atoms. The summed E-state index contributed by atoms with van der Waals surface area (Å²) in [4.78, 5) is 0. The molecule has 0 radical (unpaired) electrons. The van der Waals surface area contributed by atoms with Crippen molar-refractivity contribution in [2.45, 2.75) is 58.0 Å². The molecule has 1 heterocycles. The first-order valence-electron chi connectivity index (χ1n) is 6.11. The van der Waals surface area contributed by atoms with Gasteiger partial charge in [0.05, 0.1) is 0 Å². The molecule has 1 saturated carbocycles. The highest BCUT2D eigenvalue weighted by Crippen LogP contribution is 2.19. The number of thiophene rings is 1. The zero-order valence-corrected chi connectivity index (χ0v) is 10.4. The van der Waals surface area contributed by atoms with E-state index in [-0.39, 0.29) is 0 Å². The van der Waals surface area contributed by atoms with E-state index in [0.29, 0.717) is 0 Å². The Hall–Kier alpha value is -0.340. The third kappa shape index (κ3) is 3.32. The fourth-order valence-electron chi connectivity index (χ4n) is 2.31. The summed E-state index contributed by atoms with van der Waals surface area (Å²) < 4.78 is 0. The number of nitrogens with one attached hydrogen (secondary N) is 1. The van der Waals surface area contributed by atoms with Gasteiger partial charge in [-0.25, -0.2) is 0 Å². The molecule has 0 spiro atoms. The Kier molecular flexibility index (Phi) is 4.21. The van der Waals surface area contributed by atoms with E-state index in [1.165, 1.54) is 49.7 Å². The highest BCUT2D eigenvalue weighted by Gasteiger charge is 2.11. The van der Waals surface area contributed by atoms with Crippen LogP contribution in [0.3, 0.4) is 0 Å². The van der Waals surface area contributed by atoms with Crippen LogP contribution in [0.2, 0.25) is 0 Å². The van der Waals surface area contributed by atoms with Gasteiger partial charge in [0.2, 0.25) is 0 Å². The van der Waals surface area contributed by atoms with Gasteiger partial charge in [-0.05, 0) is 41.7 Å². The summed E-state index contributed by atoms with van der Waals surface area (Å²) in [6, 6.07) is 0.770. The van der Waals surface area contributed by atoms with Crippen LogP contribution in [-0.2, 0) is 6.54 Å². The Morgan fingerprint density at radius 2 is 1.93 bits per heavy atom. The monoisotopic (exact) mass is 223 g/mol. The molecule has 1 aliphatic rings. The minimum absolute atomic E-state index is 0.770. The Morgan fingerprint density at radius 1 is 1.20 bits per heavy atom. The zero-order valence-electron chi connectivity index (χ0n) is 9.59. The quantitative estimate of drug-likeness (QED) is 0.767. The van der Waals surface area contributed by atoms with Crippen LogP contribution in [0.1, 0.15) is 49.7 Å². The standard InChI is InChI=1S/C13H21NS/c1-11-9-15-10-12(11)8-14-13-6-4-2-3-5-7-13/h9-10,13-14H,2-8H2,1H3. The van der Waals surface area contributed by atoms with Crippen LogP contribution in [0.5, 0.6) is 0 Å². The summed E-state index contributed by atoms with van der Waals surface area (Å²) in [5, 5.41) is 8.23. The van der Waals surface area contributed by atoms with Crippen LogP contribution >= 0.6 is 11.3 Å². The Balaban J connectivity index is 1.79. The SMILES string of the molecule is Cc1cscc1CNC1CCCCCC1. The minimum atomic E-state index is 0.770. The van der Waals surface area contributed by atoms with Crippen LogP contribution < -0.4 is 5.32 Å². The van der Waals surface area contributed by atoms with E-state index in [2.05, 4.69) is 23.0 Å². The molecule has 0 saturated heterocycles. The second-order valence-electron chi connectivity index (χ2n) is 4.65. The Labute approximate surface area is 96.9 Å². The molecule has 2 heteroatoms. The van der Waals surface area contributed by atoms with Crippen LogP contribution in [0.25, 0.3) is 0 Å². The van der Waals surface area contributed by atoms with Gasteiger partial charge in [-0.1, -0.05) is 25.7 Å². The molecule has 2 rings (SSSR count). The lowest BCUT2D eigenvalue weighted by atomic mass is 10.1. The molecular formula is C13H21NS. The molecule has 0 amide bonds. The van der Waals surface area contributed by atoms with Crippen molar-refractivity contribution in [1.29, 1.82) is 0 Å². The van der Waals surface area contributed by atoms with Crippen molar-refractivity contribution in [3.63, 3.8) is 0 Å². The maximum Gasteiger partial charge on any atom is 0.0218 e. The third-order valence-corrected chi connectivity index (χ3v) is 4.31. The first kappa shape index (κ1) is 11.2. The summed E-state index contributed by atoms with van der Waals surface area (Å²) in [5.74, 6) is 0. The van der Waals surface area contributed by atoms with E-state index >= 15 is 0 Å². The van der Waals surface area contributed by atoms with Gasteiger partial charge in [0.25, 0.3) is 0 Å². The van der Waals surface area contributed by atoms with Crippen molar-refractivity contribution in [3.05, 3.63) is 21.9 Å². The van der Waals surface area contributed by atoms with Gasteiger partial charge in [0.1, 0.15) is 0 Å². The first-order chi connectivity index (χ1) is 7.36. The summed E-state index contributed by atoms with van der Waals surface area (Å²) in [6.07, 6.45) is 8.47. The van der Waals surface area contributed by atoms with Crippen LogP contribution in [0.15, 0.2) is 10.8 Å². The predicted octanol–water partition coefficient (Wildman–Crippen LogP) is 3.87. The van der Waals surface area contributed by atoms with Crippen LogP contribution in [0, 0.1) is 6.92 Å². The molecular weight excluding hydrogens is 202 g/mol. The topological polar surface area (TPSA) is 12.0 Å². The van der Waals surface area contributed by atoms with E-state index in [4.69, 9.17) is 0 Å². The van der Waals surface area contributed by atoms with Crippen molar-refractivity contribution in [3.8, 4) is 0 Å². The molecule has 0 aromatic carbocycles. The van der Waals surface area contributed by atoms with Gasteiger partial charge in [-0.2, -0.15) is 11.3 Å². The van der Waals surface area contributed by atoms with Gasteiger partial charge in [0.15, 0.2) is 0 Å². The lowest BCUT2D eigenvalue weighted by Crippen LogP contribution is -2.27. The van der Waals surface area contributed by atoms with E-state index < -0.39 is 0 Å². The molecule has 1 aromatic heterocycles. The number of hydrogen-bond acceptors (Lipinski definition) is 2. The van der Waals surface area contributed by atoms with Crippen molar-refractivity contribution in [2.75, 3.05) is 0 Å². The van der Waals surface area contributed by atoms with Crippen molar-refractivity contribution in [2.24, 2.45) is 0 Å². The molecule has 0 unspecified atom stereocenters. The average molecular weight is 223 g/mol. The number of rotatable bonds is 3. The predicted molar refractivity (Wildman–Crippen MR) is 67.4 cm³/mol. The molecule has 1 fully saturated rings. The summed E-state index contributed by atoms with van der Waals surface area (Å²) in [6.45, 7) is 3.28. The lowest BCUT2D eigenvalue weighted by molar-refractivity contribution is 0.459. The molecule has 84 valence electrons. The van der Waals surface area contributed by atoms with Crippen LogP contribution in [0.4, 0.5) is 0 Å². The third-order valence-electron chi connectivity index (χ3n) is 3.40. The largest absolute Gasteiger partial charge is 0.310 e. The van der Waals surface area contributed by atoms with E-state index in [1.54, 1.807) is 0 Å². The van der Waals surface area contributed by atoms with Crippen LogP contribution in [-0.4, -0.2) is 6.04 Å². The minimum Gasteiger partial charge on any atom is -0.310 e. The molecule has 1 aromatic rings. The highest BCUT2D eigenvalue weighted by molar-refractivity contribution is 7.08. The molecule has 1 nitrogen and oxygen atoms in total. The van der Waals surface area contributed by atoms with Crippen molar-refractivity contribution in [1.82, 2.24) is 5.32 Å². The van der Waals surface area contributed by atoms with Gasteiger partial charge in [-0.3, -0.25) is 0 Å². The van der Waals surface area contributed by atoms with Crippen molar-refractivity contribution >= 4 is 11.3 Å². The van der Waals surface area contributed by atoms with Gasteiger partial charge >= 0.3 is 0 Å². The van der Waals surface area contributed by atoms with Crippen molar-refractivity contribution < 1.29 is 0 Å². The zero-order chi connectivity index (χ0) is 10.5. The molecule has 15 heavy (non-hydrogen) atoms. The molecule has 0 aliphatic heterocycles. The van der Waals surface area contributed by atoms with Gasteiger partial charge < -0.3 is 5.32 Å². The summed E-state index contributed by atoms with van der Waals surface area (Å²) in [5.41, 5.74) is 2.94. The van der Waals surface area contributed by atoms with Gasteiger partial charge in [-0.15, -0.1) is 0 Å². The smallest absolute Gasteiger partial charge is 0.0218 e. The second-order valence-corrected chi connectivity index (χ2v) is 5.39. The maximum atomic E-state index is 3.71. The molecule has 0 atom stereocenters. The second kappa shape index (κ2) is 5.66. The Morgan fingerprint density at radius 3 is 2.53 bits per heavy atom. The molecule has 1 N–H and O–H groups in total.